The van der Waals surface area contributed by atoms with Gasteiger partial charge in [0.25, 0.3) is 0 Å². The predicted molar refractivity (Wildman–Crippen MR) is 130 cm³/mol. The normalized spacial score (nSPS) is 26.8. The van der Waals surface area contributed by atoms with Gasteiger partial charge in [-0.3, -0.25) is 0 Å². The minimum absolute atomic E-state index is 0.379. The molecule has 1 aromatic carbocycles. The Kier molecular flexibility index (Phi) is 10.5. The molecule has 3 rings (SSSR count). The standard InChI is InChI=1S/C29H40FNO/c1-2-3-4-6-23-9-15-26(16-10-23)27-17-11-25(12-18-27)22-32-29-19-13-24(14-20-29)7-5-8-28(30)21-31/h5,7-10,15-16,24-25,27,29H,2-4,6,11-14,17-20,22H2,1H3/b7-5+,28-8-/t24-,25-,27-,29-. The van der Waals surface area contributed by atoms with E-state index in [1.54, 1.807) is 6.08 Å². The molecular weight excluding hydrogens is 397 g/mol. The van der Waals surface area contributed by atoms with Crippen LogP contribution in [0, 0.1) is 23.2 Å². The SMILES string of the molecule is CCCCCc1ccc([C@H]2CC[C@H](CO[C@H]3CC[C@H](/C=C/C=C(\F)C#N)CC3)CC2)cc1. The lowest BCUT2D eigenvalue weighted by molar-refractivity contribution is -0.00456. The highest BCUT2D eigenvalue weighted by Gasteiger charge is 2.25. The second kappa shape index (κ2) is 13.6. The molecule has 2 aliphatic carbocycles. The smallest absolute Gasteiger partial charge is 0.199 e. The molecule has 0 saturated heterocycles. The molecule has 0 aliphatic heterocycles. The lowest BCUT2D eigenvalue weighted by Crippen LogP contribution is -2.25. The molecular formula is C29H40FNO. The van der Waals surface area contributed by atoms with Gasteiger partial charge in [0.1, 0.15) is 6.07 Å². The highest BCUT2D eigenvalue weighted by molar-refractivity contribution is 5.26. The third-order valence-electron chi connectivity index (χ3n) is 7.39. The molecule has 32 heavy (non-hydrogen) atoms. The third kappa shape index (κ3) is 8.21. The largest absolute Gasteiger partial charge is 0.378 e. The predicted octanol–water partition coefficient (Wildman–Crippen LogP) is 8.20. The van der Waals surface area contributed by atoms with E-state index >= 15 is 0 Å². The van der Waals surface area contributed by atoms with Crippen molar-refractivity contribution in [3.8, 4) is 6.07 Å². The van der Waals surface area contributed by atoms with Crippen molar-refractivity contribution in [1.29, 1.82) is 5.26 Å². The van der Waals surface area contributed by atoms with Gasteiger partial charge in [0, 0.05) is 6.61 Å². The molecule has 0 atom stereocenters. The Morgan fingerprint density at radius 2 is 1.75 bits per heavy atom. The third-order valence-corrected chi connectivity index (χ3v) is 7.39. The van der Waals surface area contributed by atoms with E-state index in [1.165, 1.54) is 74.6 Å². The lowest BCUT2D eigenvalue weighted by Gasteiger charge is -2.32. The van der Waals surface area contributed by atoms with Gasteiger partial charge in [-0.15, -0.1) is 0 Å². The van der Waals surface area contributed by atoms with E-state index in [4.69, 9.17) is 10.00 Å². The molecule has 174 valence electrons. The maximum Gasteiger partial charge on any atom is 0.199 e. The second-order valence-electron chi connectivity index (χ2n) is 9.80. The summed E-state index contributed by atoms with van der Waals surface area (Å²) in [6, 6.07) is 11.0. The average Bonchev–Trinajstić information content (AvgIpc) is 2.84. The summed E-state index contributed by atoms with van der Waals surface area (Å²) in [5, 5.41) is 8.44. The summed E-state index contributed by atoms with van der Waals surface area (Å²) < 4.78 is 19.1. The Morgan fingerprint density at radius 1 is 1.03 bits per heavy atom. The summed E-state index contributed by atoms with van der Waals surface area (Å²) >= 11 is 0. The van der Waals surface area contributed by atoms with Gasteiger partial charge in [-0.2, -0.15) is 9.65 Å². The van der Waals surface area contributed by atoms with Gasteiger partial charge < -0.3 is 4.74 Å². The Morgan fingerprint density at radius 3 is 2.41 bits per heavy atom. The van der Waals surface area contributed by atoms with Gasteiger partial charge in [0.05, 0.1) is 6.10 Å². The van der Waals surface area contributed by atoms with E-state index < -0.39 is 5.83 Å². The van der Waals surface area contributed by atoms with Crippen LogP contribution in [0.4, 0.5) is 4.39 Å². The van der Waals surface area contributed by atoms with Crippen LogP contribution in [0.2, 0.25) is 0 Å². The zero-order chi connectivity index (χ0) is 22.6. The minimum Gasteiger partial charge on any atom is -0.378 e. The van der Waals surface area contributed by atoms with Crippen LogP contribution in [0.5, 0.6) is 0 Å². The fraction of sp³-hybridized carbons (Fsp3) is 0.621. The number of nitriles is 1. The molecule has 0 amide bonds. The summed E-state index contributed by atoms with van der Waals surface area (Å²) in [7, 11) is 0. The highest BCUT2D eigenvalue weighted by atomic mass is 19.1. The zero-order valence-corrected chi connectivity index (χ0v) is 19.8. The summed E-state index contributed by atoms with van der Waals surface area (Å²) in [6.07, 6.45) is 19.9. The van der Waals surface area contributed by atoms with Crippen molar-refractivity contribution in [2.75, 3.05) is 6.61 Å². The maximum atomic E-state index is 12.8. The second-order valence-corrected chi connectivity index (χ2v) is 9.80. The van der Waals surface area contributed by atoms with Crippen LogP contribution in [-0.2, 0) is 11.2 Å². The van der Waals surface area contributed by atoms with Crippen LogP contribution in [0.1, 0.15) is 94.6 Å². The summed E-state index contributed by atoms with van der Waals surface area (Å²) in [4.78, 5) is 0. The summed E-state index contributed by atoms with van der Waals surface area (Å²) in [5.41, 5.74) is 3.01. The number of ether oxygens (including phenoxy) is 1. The van der Waals surface area contributed by atoms with Gasteiger partial charge in [0.2, 0.25) is 0 Å². The molecule has 0 spiro atoms. The number of rotatable bonds is 10. The first-order chi connectivity index (χ1) is 15.7. The molecule has 0 heterocycles. The van der Waals surface area contributed by atoms with Crippen LogP contribution < -0.4 is 0 Å². The van der Waals surface area contributed by atoms with Crippen molar-refractivity contribution in [2.45, 2.75) is 96.0 Å². The quantitative estimate of drug-likeness (QED) is 0.210. The first-order valence-corrected chi connectivity index (χ1v) is 12.8. The van der Waals surface area contributed by atoms with E-state index in [1.807, 2.05) is 6.08 Å². The van der Waals surface area contributed by atoms with Crippen LogP contribution >= 0.6 is 0 Å². The number of hydrogen-bond donors (Lipinski definition) is 0. The highest BCUT2D eigenvalue weighted by Crippen LogP contribution is 2.37. The van der Waals surface area contributed by atoms with E-state index in [0.29, 0.717) is 17.9 Å². The Labute approximate surface area is 194 Å². The number of aryl methyl sites for hydroxylation is 1. The molecule has 1 aromatic rings. The van der Waals surface area contributed by atoms with Crippen molar-refractivity contribution in [3.63, 3.8) is 0 Å². The molecule has 0 radical (unpaired) electrons. The number of hydrogen-bond acceptors (Lipinski definition) is 2. The van der Waals surface area contributed by atoms with Gasteiger partial charge in [-0.05, 0) is 99.2 Å². The van der Waals surface area contributed by atoms with Crippen LogP contribution in [0.15, 0.2) is 48.3 Å². The Balaban J connectivity index is 1.32. The van der Waals surface area contributed by atoms with Crippen LogP contribution in [-0.4, -0.2) is 12.7 Å². The molecule has 0 unspecified atom stereocenters. The monoisotopic (exact) mass is 437 g/mol. The van der Waals surface area contributed by atoms with Gasteiger partial charge in [0.15, 0.2) is 5.83 Å². The molecule has 2 aliphatic rings. The Bertz CT molecular complexity index is 759. The van der Waals surface area contributed by atoms with Crippen molar-refractivity contribution in [1.82, 2.24) is 0 Å². The van der Waals surface area contributed by atoms with Crippen molar-refractivity contribution in [3.05, 3.63) is 59.4 Å². The molecule has 3 heteroatoms. The van der Waals surface area contributed by atoms with Crippen molar-refractivity contribution >= 4 is 0 Å². The maximum absolute atomic E-state index is 12.8. The molecule has 0 N–H and O–H groups in total. The molecule has 2 fully saturated rings. The number of unbranched alkanes of at least 4 members (excludes halogenated alkanes) is 2. The fourth-order valence-corrected chi connectivity index (χ4v) is 5.25. The van der Waals surface area contributed by atoms with Crippen molar-refractivity contribution in [2.24, 2.45) is 11.8 Å². The lowest BCUT2D eigenvalue weighted by atomic mass is 9.78. The summed E-state index contributed by atoms with van der Waals surface area (Å²) in [5.74, 6) is 1.17. The van der Waals surface area contributed by atoms with E-state index in [9.17, 15) is 4.39 Å². The van der Waals surface area contributed by atoms with E-state index in [0.717, 1.165) is 38.2 Å². The molecule has 2 saturated carbocycles. The Hall–Kier alpha value is -1.92. The topological polar surface area (TPSA) is 33.0 Å². The van der Waals surface area contributed by atoms with Gasteiger partial charge in [-0.25, -0.2) is 0 Å². The molecule has 0 aromatic heterocycles. The van der Waals surface area contributed by atoms with Gasteiger partial charge >= 0.3 is 0 Å². The van der Waals surface area contributed by atoms with Crippen molar-refractivity contribution < 1.29 is 9.13 Å². The molecule has 0 bridgehead atoms. The fourth-order valence-electron chi connectivity index (χ4n) is 5.25. The zero-order valence-electron chi connectivity index (χ0n) is 19.8. The number of benzene rings is 1. The number of nitrogens with zero attached hydrogens (tertiary/aromatic N) is 1. The first-order valence-electron chi connectivity index (χ1n) is 12.8. The van der Waals surface area contributed by atoms with Gasteiger partial charge in [-0.1, -0.05) is 56.2 Å². The minimum atomic E-state index is -0.729. The van der Waals surface area contributed by atoms with E-state index in [-0.39, 0.29) is 0 Å². The average molecular weight is 438 g/mol. The number of allylic oxidation sites excluding steroid dienone is 4. The van der Waals surface area contributed by atoms with Crippen LogP contribution in [0.3, 0.4) is 0 Å². The van der Waals surface area contributed by atoms with E-state index in [2.05, 4.69) is 31.2 Å². The summed E-state index contributed by atoms with van der Waals surface area (Å²) in [6.45, 7) is 3.17. The van der Waals surface area contributed by atoms with Crippen LogP contribution in [0.25, 0.3) is 0 Å². The number of halogens is 1. The molecule has 2 nitrogen and oxygen atoms in total. The first kappa shape index (κ1) is 24.7.